The first-order valence-electron chi connectivity index (χ1n) is 6.17. The smallest absolute Gasteiger partial charge is 0.225 e. The molecule has 1 fully saturated rings. The van der Waals surface area contributed by atoms with Crippen molar-refractivity contribution < 1.29 is 0 Å². The van der Waals surface area contributed by atoms with Gasteiger partial charge in [0.25, 0.3) is 0 Å². The van der Waals surface area contributed by atoms with Crippen molar-refractivity contribution in [3.05, 3.63) is 30.9 Å². The molecule has 0 radical (unpaired) electrons. The second kappa shape index (κ2) is 5.05. The van der Waals surface area contributed by atoms with Gasteiger partial charge < -0.3 is 15.5 Å². The summed E-state index contributed by atoms with van der Waals surface area (Å²) in [7, 11) is 0. The zero-order chi connectivity index (χ0) is 13.1. The van der Waals surface area contributed by atoms with Crippen molar-refractivity contribution in [3.63, 3.8) is 0 Å². The minimum absolute atomic E-state index is 0.583. The molecule has 0 saturated carbocycles. The summed E-state index contributed by atoms with van der Waals surface area (Å²) in [6.07, 6.45) is 6.79. The van der Waals surface area contributed by atoms with Crippen molar-refractivity contribution in [2.45, 2.75) is 0 Å². The van der Waals surface area contributed by atoms with Gasteiger partial charge in [0.15, 0.2) is 0 Å². The Morgan fingerprint density at radius 2 is 1.26 bits per heavy atom. The monoisotopic (exact) mass is 257 g/mol. The predicted octanol–water partition coefficient (Wildman–Crippen LogP) is 0.175. The third kappa shape index (κ3) is 2.54. The molecule has 0 bridgehead atoms. The van der Waals surface area contributed by atoms with Crippen LogP contribution in [-0.4, -0.2) is 46.1 Å². The predicted molar refractivity (Wildman–Crippen MR) is 72.9 cm³/mol. The maximum absolute atomic E-state index is 5.59. The third-order valence-corrected chi connectivity index (χ3v) is 3.06. The Labute approximate surface area is 111 Å². The summed E-state index contributed by atoms with van der Waals surface area (Å²) in [4.78, 5) is 21.3. The van der Waals surface area contributed by atoms with E-state index in [1.165, 1.54) is 0 Å². The maximum Gasteiger partial charge on any atom is 0.225 e. The quantitative estimate of drug-likeness (QED) is 0.821. The molecule has 2 aromatic heterocycles. The van der Waals surface area contributed by atoms with Gasteiger partial charge in [0.2, 0.25) is 11.9 Å². The fourth-order valence-electron chi connectivity index (χ4n) is 2.06. The van der Waals surface area contributed by atoms with Gasteiger partial charge in [-0.15, -0.1) is 0 Å². The first-order chi connectivity index (χ1) is 9.33. The molecule has 7 heteroatoms. The normalized spacial score (nSPS) is 15.6. The minimum Gasteiger partial charge on any atom is -0.396 e. The van der Waals surface area contributed by atoms with Crippen molar-refractivity contribution in [1.29, 1.82) is 0 Å². The fourth-order valence-corrected chi connectivity index (χ4v) is 2.06. The van der Waals surface area contributed by atoms with Crippen molar-refractivity contribution in [2.75, 3.05) is 41.7 Å². The molecule has 0 aromatic carbocycles. The lowest BCUT2D eigenvalue weighted by molar-refractivity contribution is 0.628. The summed E-state index contributed by atoms with van der Waals surface area (Å²) in [6, 6.07) is 1.82. The number of nitrogens with zero attached hydrogens (tertiary/aromatic N) is 6. The lowest BCUT2D eigenvalue weighted by atomic mass is 10.3. The lowest BCUT2D eigenvalue weighted by Gasteiger charge is -2.34. The molecule has 2 aromatic rings. The lowest BCUT2D eigenvalue weighted by Crippen LogP contribution is -2.47. The van der Waals surface area contributed by atoms with Crippen LogP contribution in [0.5, 0.6) is 0 Å². The Morgan fingerprint density at radius 3 is 1.79 bits per heavy atom. The first-order valence-corrected chi connectivity index (χ1v) is 6.17. The van der Waals surface area contributed by atoms with E-state index in [-0.39, 0.29) is 0 Å². The van der Waals surface area contributed by atoms with Crippen LogP contribution in [-0.2, 0) is 0 Å². The van der Waals surface area contributed by atoms with Crippen LogP contribution in [0.4, 0.5) is 17.6 Å². The summed E-state index contributed by atoms with van der Waals surface area (Å²) >= 11 is 0. The summed E-state index contributed by atoms with van der Waals surface area (Å²) in [5, 5.41) is 0. The van der Waals surface area contributed by atoms with E-state index in [9.17, 15) is 0 Å². The highest BCUT2D eigenvalue weighted by molar-refractivity contribution is 5.40. The Balaban J connectivity index is 1.65. The summed E-state index contributed by atoms with van der Waals surface area (Å²) in [5.41, 5.74) is 6.17. The van der Waals surface area contributed by atoms with Gasteiger partial charge in [0.1, 0.15) is 0 Å². The van der Waals surface area contributed by atoms with Gasteiger partial charge >= 0.3 is 0 Å². The van der Waals surface area contributed by atoms with Crippen LogP contribution in [0.25, 0.3) is 0 Å². The Hall–Kier alpha value is -2.44. The molecule has 0 unspecified atom stereocenters. The second-order valence-electron chi connectivity index (χ2n) is 4.34. The van der Waals surface area contributed by atoms with Crippen LogP contribution in [0.15, 0.2) is 30.9 Å². The number of piperazine rings is 1. The number of hydrogen-bond acceptors (Lipinski definition) is 7. The van der Waals surface area contributed by atoms with E-state index in [0.717, 1.165) is 38.1 Å². The molecule has 3 heterocycles. The second-order valence-corrected chi connectivity index (χ2v) is 4.34. The van der Waals surface area contributed by atoms with Gasteiger partial charge in [-0.1, -0.05) is 0 Å². The maximum atomic E-state index is 5.59. The SMILES string of the molecule is Nc1cnc(N2CCN(c3ncccn3)CC2)nc1. The van der Waals surface area contributed by atoms with E-state index < -0.39 is 0 Å². The molecular formula is C12H15N7. The zero-order valence-electron chi connectivity index (χ0n) is 10.5. The Morgan fingerprint density at radius 1 is 0.789 bits per heavy atom. The molecule has 3 rings (SSSR count). The molecule has 98 valence electrons. The van der Waals surface area contributed by atoms with E-state index in [1.54, 1.807) is 24.8 Å². The van der Waals surface area contributed by atoms with Gasteiger partial charge in [0, 0.05) is 38.6 Å². The molecule has 1 saturated heterocycles. The highest BCUT2D eigenvalue weighted by Gasteiger charge is 2.20. The summed E-state index contributed by atoms with van der Waals surface area (Å²) < 4.78 is 0. The van der Waals surface area contributed by atoms with Crippen LogP contribution in [0.3, 0.4) is 0 Å². The van der Waals surface area contributed by atoms with Crippen molar-refractivity contribution >= 4 is 17.6 Å². The highest BCUT2D eigenvalue weighted by Crippen LogP contribution is 2.14. The molecule has 2 N–H and O–H groups in total. The standard InChI is InChI=1S/C12H15N7/c13-10-8-16-12(17-9-10)19-6-4-18(5-7-19)11-14-2-1-3-15-11/h1-3,8-9H,4-7,13H2. The van der Waals surface area contributed by atoms with Crippen LogP contribution in [0.2, 0.25) is 0 Å². The van der Waals surface area contributed by atoms with Crippen LogP contribution < -0.4 is 15.5 Å². The molecule has 0 aliphatic carbocycles. The highest BCUT2D eigenvalue weighted by atomic mass is 15.3. The van der Waals surface area contributed by atoms with Gasteiger partial charge in [-0.25, -0.2) is 19.9 Å². The topological polar surface area (TPSA) is 84.1 Å². The number of aromatic nitrogens is 4. The zero-order valence-corrected chi connectivity index (χ0v) is 10.5. The van der Waals surface area contributed by atoms with E-state index in [0.29, 0.717) is 5.69 Å². The number of rotatable bonds is 2. The number of nitrogen functional groups attached to an aromatic ring is 1. The van der Waals surface area contributed by atoms with Gasteiger partial charge in [0.05, 0.1) is 18.1 Å². The molecular weight excluding hydrogens is 242 g/mol. The van der Waals surface area contributed by atoms with Gasteiger partial charge in [-0.2, -0.15) is 0 Å². The van der Waals surface area contributed by atoms with Gasteiger partial charge in [-0.3, -0.25) is 0 Å². The van der Waals surface area contributed by atoms with Crippen LogP contribution >= 0.6 is 0 Å². The number of anilines is 3. The molecule has 0 amide bonds. The Kier molecular flexibility index (Phi) is 3.09. The molecule has 7 nitrogen and oxygen atoms in total. The molecule has 1 aliphatic heterocycles. The summed E-state index contributed by atoms with van der Waals surface area (Å²) in [6.45, 7) is 3.42. The molecule has 0 atom stereocenters. The average Bonchev–Trinajstić information content (AvgIpc) is 2.49. The first kappa shape index (κ1) is 11.6. The largest absolute Gasteiger partial charge is 0.396 e. The third-order valence-electron chi connectivity index (χ3n) is 3.06. The summed E-state index contributed by atoms with van der Waals surface area (Å²) in [5.74, 6) is 1.50. The van der Waals surface area contributed by atoms with E-state index in [4.69, 9.17) is 5.73 Å². The molecule has 0 spiro atoms. The van der Waals surface area contributed by atoms with Crippen molar-refractivity contribution in [1.82, 2.24) is 19.9 Å². The van der Waals surface area contributed by atoms with Crippen LogP contribution in [0.1, 0.15) is 0 Å². The van der Waals surface area contributed by atoms with Crippen molar-refractivity contribution in [3.8, 4) is 0 Å². The molecule has 19 heavy (non-hydrogen) atoms. The Bertz CT molecular complexity index is 520. The molecule has 1 aliphatic rings. The van der Waals surface area contributed by atoms with E-state index in [2.05, 4.69) is 29.7 Å². The average molecular weight is 257 g/mol. The minimum atomic E-state index is 0.583. The number of nitrogens with two attached hydrogens (primary N) is 1. The fraction of sp³-hybridized carbons (Fsp3) is 0.333. The van der Waals surface area contributed by atoms with E-state index in [1.807, 2.05) is 6.07 Å². The van der Waals surface area contributed by atoms with Gasteiger partial charge in [-0.05, 0) is 6.07 Å². The van der Waals surface area contributed by atoms with Crippen molar-refractivity contribution in [2.24, 2.45) is 0 Å². The van der Waals surface area contributed by atoms with E-state index >= 15 is 0 Å². The number of hydrogen-bond donors (Lipinski definition) is 1. The van der Waals surface area contributed by atoms with Crippen LogP contribution in [0, 0.1) is 0 Å².